The van der Waals surface area contributed by atoms with Crippen LogP contribution in [0.5, 0.6) is 0 Å². The zero-order valence-electron chi connectivity index (χ0n) is 16.1. The van der Waals surface area contributed by atoms with Crippen molar-refractivity contribution < 1.29 is 9.53 Å². The third-order valence-electron chi connectivity index (χ3n) is 5.36. The van der Waals surface area contributed by atoms with Crippen molar-refractivity contribution in [2.24, 2.45) is 0 Å². The highest BCUT2D eigenvalue weighted by Crippen LogP contribution is 2.34. The van der Waals surface area contributed by atoms with Gasteiger partial charge in [-0.2, -0.15) is 0 Å². The Bertz CT molecular complexity index is 596. The van der Waals surface area contributed by atoms with E-state index in [9.17, 15) is 4.79 Å². The van der Waals surface area contributed by atoms with Crippen LogP contribution in [0.15, 0.2) is 16.6 Å². The maximum atomic E-state index is 12.1. The topological polar surface area (TPSA) is 32.8 Å². The predicted molar refractivity (Wildman–Crippen MR) is 108 cm³/mol. The van der Waals surface area contributed by atoms with E-state index in [-0.39, 0.29) is 5.97 Å². The summed E-state index contributed by atoms with van der Waals surface area (Å²) in [5.74, 6) is -0.271. The molecule has 0 N–H and O–H groups in total. The van der Waals surface area contributed by atoms with Crippen molar-refractivity contribution in [3.8, 4) is 0 Å². The third kappa shape index (κ3) is 4.76. The first kappa shape index (κ1) is 20.2. The molecule has 0 radical (unpaired) electrons. The number of methoxy groups -OCH3 is 1. The molecule has 1 saturated carbocycles. The van der Waals surface area contributed by atoms with E-state index in [1.807, 2.05) is 13.0 Å². The minimum Gasteiger partial charge on any atom is -0.465 e. The van der Waals surface area contributed by atoms with E-state index in [0.717, 1.165) is 28.7 Å². The molecule has 0 saturated heterocycles. The highest BCUT2D eigenvalue weighted by molar-refractivity contribution is 9.10. The van der Waals surface area contributed by atoms with Crippen LogP contribution in [0.3, 0.4) is 0 Å². The summed E-state index contributed by atoms with van der Waals surface area (Å²) < 4.78 is 5.90. The molecule has 0 amide bonds. The number of carbonyl (C=O) groups excluding carboxylic acids is 1. The third-order valence-corrected chi connectivity index (χ3v) is 5.82. The molecule has 0 aromatic heterocycles. The summed E-state index contributed by atoms with van der Waals surface area (Å²) in [5, 5.41) is 0. The lowest BCUT2D eigenvalue weighted by Gasteiger charge is -2.40. The summed E-state index contributed by atoms with van der Waals surface area (Å²) in [6.07, 6.45) is 5.95. The van der Waals surface area contributed by atoms with Gasteiger partial charge in [0.05, 0.1) is 12.7 Å². The second kappa shape index (κ2) is 9.04. The van der Waals surface area contributed by atoms with Gasteiger partial charge in [-0.05, 0) is 70.8 Å². The van der Waals surface area contributed by atoms with Crippen molar-refractivity contribution in [1.29, 1.82) is 0 Å². The van der Waals surface area contributed by atoms with Crippen molar-refractivity contribution in [2.75, 3.05) is 32.6 Å². The van der Waals surface area contributed by atoms with Gasteiger partial charge in [0.25, 0.3) is 0 Å². The van der Waals surface area contributed by atoms with Crippen molar-refractivity contribution in [2.45, 2.75) is 58.0 Å². The van der Waals surface area contributed by atoms with E-state index in [4.69, 9.17) is 4.74 Å². The molecule has 2 rings (SSSR count). The maximum absolute atomic E-state index is 12.1. The normalized spacial score (nSPS) is 20.6. The molecule has 0 aliphatic heterocycles. The Hall–Kier alpha value is -1.07. The molecule has 140 valence electrons. The fraction of sp³-hybridized carbons (Fsp3) is 0.650. The van der Waals surface area contributed by atoms with E-state index in [0.29, 0.717) is 17.6 Å². The van der Waals surface area contributed by atoms with Crippen molar-refractivity contribution in [3.63, 3.8) is 0 Å². The zero-order chi connectivity index (χ0) is 18.6. The second-order valence-corrected chi connectivity index (χ2v) is 8.12. The Kier molecular flexibility index (Phi) is 7.32. The van der Waals surface area contributed by atoms with Crippen LogP contribution in [0.2, 0.25) is 0 Å². The molecule has 1 aromatic carbocycles. The maximum Gasteiger partial charge on any atom is 0.338 e. The first-order valence-corrected chi connectivity index (χ1v) is 9.99. The van der Waals surface area contributed by atoms with Gasteiger partial charge in [-0.3, -0.25) is 0 Å². The van der Waals surface area contributed by atoms with Gasteiger partial charge in [0.1, 0.15) is 0 Å². The van der Waals surface area contributed by atoms with Gasteiger partial charge >= 0.3 is 5.97 Å². The number of rotatable bonds is 6. The molecule has 0 bridgehead atoms. The number of ether oxygens (including phenoxy) is 1. The fourth-order valence-corrected chi connectivity index (χ4v) is 4.36. The van der Waals surface area contributed by atoms with Gasteiger partial charge in [0, 0.05) is 28.8 Å². The molecule has 1 fully saturated rings. The quantitative estimate of drug-likeness (QED) is 0.639. The van der Waals surface area contributed by atoms with Crippen LogP contribution in [0, 0.1) is 6.92 Å². The van der Waals surface area contributed by atoms with Crippen LogP contribution in [0.25, 0.3) is 0 Å². The SMILES string of the molecule is CCCN(c1cc(Br)cc(C(=O)OC)c1C)[C@H]1CC[C@H](N(C)C)CC1. The summed E-state index contributed by atoms with van der Waals surface area (Å²) >= 11 is 3.58. The minimum absolute atomic E-state index is 0.271. The summed E-state index contributed by atoms with van der Waals surface area (Å²) in [4.78, 5) is 17.0. The molecule has 4 nitrogen and oxygen atoms in total. The summed E-state index contributed by atoms with van der Waals surface area (Å²) in [6, 6.07) is 5.23. The van der Waals surface area contributed by atoms with E-state index in [2.05, 4.69) is 52.8 Å². The zero-order valence-corrected chi connectivity index (χ0v) is 17.7. The molecule has 0 heterocycles. The van der Waals surface area contributed by atoms with Gasteiger partial charge in [-0.1, -0.05) is 22.9 Å². The molecular formula is C20H31BrN2O2. The lowest BCUT2D eigenvalue weighted by atomic mass is 9.88. The summed E-state index contributed by atoms with van der Waals surface area (Å²) in [5.41, 5.74) is 2.82. The van der Waals surface area contributed by atoms with Crippen LogP contribution in [0.4, 0.5) is 5.69 Å². The van der Waals surface area contributed by atoms with E-state index >= 15 is 0 Å². The Morgan fingerprint density at radius 2 is 1.80 bits per heavy atom. The van der Waals surface area contributed by atoms with Crippen molar-refractivity contribution in [3.05, 3.63) is 27.7 Å². The highest BCUT2D eigenvalue weighted by atomic mass is 79.9. The number of halogens is 1. The molecule has 1 aromatic rings. The molecule has 1 aliphatic rings. The molecule has 1 aliphatic carbocycles. The van der Waals surface area contributed by atoms with Crippen LogP contribution >= 0.6 is 15.9 Å². The lowest BCUT2D eigenvalue weighted by Crippen LogP contribution is -2.43. The Morgan fingerprint density at radius 1 is 1.20 bits per heavy atom. The first-order valence-electron chi connectivity index (χ1n) is 9.20. The largest absolute Gasteiger partial charge is 0.465 e. The minimum atomic E-state index is -0.271. The van der Waals surface area contributed by atoms with Crippen LogP contribution in [-0.4, -0.2) is 50.7 Å². The average Bonchev–Trinajstić information content (AvgIpc) is 2.61. The molecule has 25 heavy (non-hydrogen) atoms. The van der Waals surface area contributed by atoms with E-state index in [1.54, 1.807) is 0 Å². The van der Waals surface area contributed by atoms with Gasteiger partial charge in [0.2, 0.25) is 0 Å². The predicted octanol–water partition coefficient (Wildman–Crippen LogP) is 4.63. The number of benzene rings is 1. The van der Waals surface area contributed by atoms with Gasteiger partial charge in [-0.25, -0.2) is 4.79 Å². The fourth-order valence-electron chi connectivity index (χ4n) is 3.91. The van der Waals surface area contributed by atoms with Gasteiger partial charge < -0.3 is 14.5 Å². The molecular weight excluding hydrogens is 380 g/mol. The molecule has 0 atom stereocenters. The van der Waals surface area contributed by atoms with Gasteiger partial charge in [0.15, 0.2) is 0 Å². The number of anilines is 1. The standard InChI is InChI=1S/C20H31BrN2O2/c1-6-11-23(17-9-7-16(8-10-17)22(3)4)19-13-15(21)12-18(14(19)2)20(24)25-5/h12-13,16-17H,6-11H2,1-5H3/t16-,17-. The van der Waals surface area contributed by atoms with E-state index in [1.165, 1.54) is 32.8 Å². The smallest absolute Gasteiger partial charge is 0.338 e. The summed E-state index contributed by atoms with van der Waals surface area (Å²) in [6.45, 7) is 5.25. The van der Waals surface area contributed by atoms with Crippen LogP contribution in [0.1, 0.15) is 54.9 Å². The molecule has 5 heteroatoms. The van der Waals surface area contributed by atoms with Crippen LogP contribution < -0.4 is 4.90 Å². The van der Waals surface area contributed by atoms with E-state index < -0.39 is 0 Å². The number of hydrogen-bond acceptors (Lipinski definition) is 4. The molecule has 0 unspecified atom stereocenters. The van der Waals surface area contributed by atoms with Crippen LogP contribution in [-0.2, 0) is 4.74 Å². The Morgan fingerprint density at radius 3 is 2.32 bits per heavy atom. The highest BCUT2D eigenvalue weighted by Gasteiger charge is 2.28. The number of carbonyl (C=O) groups is 1. The Balaban J connectivity index is 2.31. The Labute approximate surface area is 160 Å². The lowest BCUT2D eigenvalue weighted by molar-refractivity contribution is 0.0600. The average molecular weight is 411 g/mol. The van der Waals surface area contributed by atoms with Crippen molar-refractivity contribution in [1.82, 2.24) is 4.90 Å². The first-order chi connectivity index (χ1) is 11.9. The second-order valence-electron chi connectivity index (χ2n) is 7.21. The number of hydrogen-bond donors (Lipinski definition) is 0. The van der Waals surface area contributed by atoms with Crippen molar-refractivity contribution >= 4 is 27.6 Å². The monoisotopic (exact) mass is 410 g/mol. The number of nitrogens with zero attached hydrogens (tertiary/aromatic N) is 2. The summed E-state index contributed by atoms with van der Waals surface area (Å²) in [7, 11) is 5.79. The molecule has 0 spiro atoms. The number of esters is 1. The van der Waals surface area contributed by atoms with Gasteiger partial charge in [-0.15, -0.1) is 0 Å².